The van der Waals surface area contributed by atoms with E-state index in [1.165, 1.54) is 36.7 Å². The number of hydrogen-bond donors (Lipinski definition) is 2. The van der Waals surface area contributed by atoms with Crippen LogP contribution in [0.4, 0.5) is 11.6 Å². The fourth-order valence-corrected chi connectivity index (χ4v) is 4.20. The number of amides is 1. The molecular formula is C24H22N4O4S. The molecule has 4 rings (SSSR count). The van der Waals surface area contributed by atoms with Gasteiger partial charge in [-0.1, -0.05) is 43.3 Å². The monoisotopic (exact) mass is 462 g/mol. The summed E-state index contributed by atoms with van der Waals surface area (Å²) in [6, 6.07) is 20.9. The Balaban J connectivity index is 1.45. The van der Waals surface area contributed by atoms with Gasteiger partial charge in [0.1, 0.15) is 5.75 Å². The van der Waals surface area contributed by atoms with Gasteiger partial charge in [0.2, 0.25) is 5.95 Å². The van der Waals surface area contributed by atoms with Gasteiger partial charge in [-0.2, -0.15) is 0 Å². The van der Waals surface area contributed by atoms with Crippen LogP contribution >= 0.6 is 0 Å². The summed E-state index contributed by atoms with van der Waals surface area (Å²) < 4.78 is 33.3. The quantitative estimate of drug-likeness (QED) is 0.406. The van der Waals surface area contributed by atoms with Crippen LogP contribution in [-0.2, 0) is 14.8 Å². The number of fused-ring (bicyclic) bond motifs is 1. The molecule has 8 nitrogen and oxygen atoms in total. The number of anilines is 2. The van der Waals surface area contributed by atoms with Gasteiger partial charge in [-0.15, -0.1) is 0 Å². The zero-order valence-corrected chi connectivity index (χ0v) is 18.6. The molecule has 1 aromatic heterocycles. The van der Waals surface area contributed by atoms with Gasteiger partial charge in [-0.05, 0) is 48.2 Å². The Hall–Kier alpha value is -3.98. The summed E-state index contributed by atoms with van der Waals surface area (Å²) in [6.07, 6.45) is 2.63. The van der Waals surface area contributed by atoms with Gasteiger partial charge in [-0.3, -0.25) is 4.79 Å². The third kappa shape index (κ3) is 5.27. The lowest BCUT2D eigenvalue weighted by Crippen LogP contribution is -2.32. The second kappa shape index (κ2) is 9.66. The second-order valence-electron chi connectivity index (χ2n) is 7.18. The number of carbonyl (C=O) groups is 1. The van der Waals surface area contributed by atoms with Crippen molar-refractivity contribution in [2.45, 2.75) is 24.3 Å². The van der Waals surface area contributed by atoms with Crippen LogP contribution in [0.5, 0.6) is 5.75 Å². The van der Waals surface area contributed by atoms with Crippen molar-refractivity contribution < 1.29 is 17.9 Å². The summed E-state index contributed by atoms with van der Waals surface area (Å²) >= 11 is 0. The van der Waals surface area contributed by atoms with Crippen molar-refractivity contribution in [3.63, 3.8) is 0 Å². The molecule has 9 heteroatoms. The molecule has 1 atom stereocenters. The molecular weight excluding hydrogens is 440 g/mol. The summed E-state index contributed by atoms with van der Waals surface area (Å²) in [5, 5.41) is 4.74. The smallest absolute Gasteiger partial charge is 0.265 e. The molecule has 1 unspecified atom stereocenters. The Morgan fingerprint density at radius 2 is 1.64 bits per heavy atom. The maximum Gasteiger partial charge on any atom is 0.265 e. The first-order valence-electron chi connectivity index (χ1n) is 10.3. The minimum absolute atomic E-state index is 0.0204. The number of carbonyl (C=O) groups excluding carboxylic acids is 1. The van der Waals surface area contributed by atoms with E-state index in [9.17, 15) is 13.2 Å². The fourth-order valence-electron chi connectivity index (χ4n) is 3.25. The van der Waals surface area contributed by atoms with Crippen LogP contribution in [0.2, 0.25) is 0 Å². The van der Waals surface area contributed by atoms with Crippen LogP contribution < -0.4 is 14.8 Å². The molecule has 0 fully saturated rings. The molecule has 0 bridgehead atoms. The standard InChI is InChI=1S/C24H22N4O4S/c1-2-21(32-22-10-5-8-17-7-3-4-9-20(17)22)23(29)27-18-11-13-19(14-12-18)33(30,31)28-24-25-15-6-16-26-24/h3-16,21H,2H2,1H3,(H,27,29)(H,25,26,28). The fraction of sp³-hybridized carbons (Fsp3) is 0.125. The topological polar surface area (TPSA) is 110 Å². The highest BCUT2D eigenvalue weighted by Crippen LogP contribution is 2.27. The third-order valence-corrected chi connectivity index (χ3v) is 6.25. The van der Waals surface area contributed by atoms with E-state index >= 15 is 0 Å². The number of nitrogens with zero attached hydrogens (tertiary/aromatic N) is 2. The van der Waals surface area contributed by atoms with Gasteiger partial charge < -0.3 is 10.1 Å². The van der Waals surface area contributed by atoms with Crippen LogP contribution in [0.1, 0.15) is 13.3 Å². The molecule has 0 saturated heterocycles. The van der Waals surface area contributed by atoms with Crippen molar-refractivity contribution in [2.24, 2.45) is 0 Å². The minimum Gasteiger partial charge on any atom is -0.480 e. The highest BCUT2D eigenvalue weighted by atomic mass is 32.2. The Morgan fingerprint density at radius 3 is 2.36 bits per heavy atom. The molecule has 2 N–H and O–H groups in total. The van der Waals surface area contributed by atoms with Gasteiger partial charge in [0.25, 0.3) is 15.9 Å². The second-order valence-corrected chi connectivity index (χ2v) is 8.87. The SMILES string of the molecule is CCC(Oc1cccc2ccccc12)C(=O)Nc1ccc(S(=O)(=O)Nc2ncccn2)cc1. The van der Waals surface area contributed by atoms with Crippen molar-refractivity contribution >= 4 is 38.3 Å². The molecule has 0 aliphatic carbocycles. The molecule has 1 heterocycles. The number of rotatable bonds is 8. The van der Waals surface area contributed by atoms with E-state index in [1.54, 1.807) is 6.07 Å². The van der Waals surface area contributed by atoms with E-state index < -0.39 is 16.1 Å². The summed E-state index contributed by atoms with van der Waals surface area (Å²) in [6.45, 7) is 1.86. The van der Waals surface area contributed by atoms with Crippen molar-refractivity contribution in [3.8, 4) is 5.75 Å². The van der Waals surface area contributed by atoms with E-state index in [-0.39, 0.29) is 16.8 Å². The minimum atomic E-state index is -3.85. The lowest BCUT2D eigenvalue weighted by molar-refractivity contribution is -0.122. The maximum absolute atomic E-state index is 12.8. The van der Waals surface area contributed by atoms with E-state index in [1.807, 2.05) is 49.4 Å². The van der Waals surface area contributed by atoms with Gasteiger partial charge in [-0.25, -0.2) is 23.1 Å². The lowest BCUT2D eigenvalue weighted by atomic mass is 10.1. The average Bonchev–Trinajstić information content (AvgIpc) is 2.83. The first-order chi connectivity index (χ1) is 16.0. The number of aromatic nitrogens is 2. The molecule has 0 aliphatic rings. The highest BCUT2D eigenvalue weighted by molar-refractivity contribution is 7.92. The Morgan fingerprint density at radius 1 is 0.939 bits per heavy atom. The number of benzene rings is 3. The third-order valence-electron chi connectivity index (χ3n) is 4.91. The maximum atomic E-state index is 12.8. The normalized spacial score (nSPS) is 12.2. The first-order valence-corrected chi connectivity index (χ1v) is 11.8. The molecule has 0 radical (unpaired) electrons. The molecule has 168 valence electrons. The van der Waals surface area contributed by atoms with Crippen LogP contribution in [-0.4, -0.2) is 30.4 Å². The lowest BCUT2D eigenvalue weighted by Gasteiger charge is -2.18. The van der Waals surface area contributed by atoms with E-state index in [4.69, 9.17) is 4.74 Å². The highest BCUT2D eigenvalue weighted by Gasteiger charge is 2.20. The van der Waals surface area contributed by atoms with Crippen molar-refractivity contribution in [1.82, 2.24) is 9.97 Å². The Bertz CT molecular complexity index is 1360. The largest absolute Gasteiger partial charge is 0.480 e. The molecule has 1 amide bonds. The van der Waals surface area contributed by atoms with Gasteiger partial charge in [0.05, 0.1) is 4.90 Å². The predicted octanol–water partition coefficient (Wildman–Crippen LogP) is 4.23. The number of sulfonamides is 1. The van der Waals surface area contributed by atoms with Gasteiger partial charge in [0, 0.05) is 23.5 Å². The summed E-state index contributed by atoms with van der Waals surface area (Å²) in [5.41, 5.74) is 0.454. The van der Waals surface area contributed by atoms with Crippen molar-refractivity contribution in [1.29, 1.82) is 0 Å². The van der Waals surface area contributed by atoms with Crippen LogP contribution in [0.25, 0.3) is 10.8 Å². The van der Waals surface area contributed by atoms with Crippen molar-refractivity contribution in [3.05, 3.63) is 85.2 Å². The van der Waals surface area contributed by atoms with E-state index in [2.05, 4.69) is 20.0 Å². The molecule has 4 aromatic rings. The predicted molar refractivity (Wildman–Crippen MR) is 127 cm³/mol. The zero-order chi connectivity index (χ0) is 23.3. The average molecular weight is 463 g/mol. The Kier molecular flexibility index (Phi) is 6.50. The van der Waals surface area contributed by atoms with Crippen molar-refractivity contribution in [2.75, 3.05) is 10.0 Å². The number of ether oxygens (including phenoxy) is 1. The first kappa shape index (κ1) is 22.2. The number of nitrogens with one attached hydrogen (secondary N) is 2. The number of hydrogen-bond acceptors (Lipinski definition) is 6. The summed E-state index contributed by atoms with van der Waals surface area (Å²) in [4.78, 5) is 20.6. The zero-order valence-electron chi connectivity index (χ0n) is 17.8. The molecule has 0 saturated carbocycles. The Labute approximate surface area is 191 Å². The van der Waals surface area contributed by atoms with Crippen LogP contribution in [0.3, 0.4) is 0 Å². The summed E-state index contributed by atoms with van der Waals surface area (Å²) in [5.74, 6) is 0.286. The molecule has 0 spiro atoms. The molecule has 0 aliphatic heterocycles. The molecule has 3 aromatic carbocycles. The van der Waals surface area contributed by atoms with Crippen LogP contribution in [0, 0.1) is 0 Å². The summed E-state index contributed by atoms with van der Waals surface area (Å²) in [7, 11) is -3.85. The van der Waals surface area contributed by atoms with Gasteiger partial charge in [0.15, 0.2) is 6.10 Å². The van der Waals surface area contributed by atoms with E-state index in [0.717, 1.165) is 10.8 Å². The van der Waals surface area contributed by atoms with E-state index in [0.29, 0.717) is 17.9 Å². The van der Waals surface area contributed by atoms with Crippen LogP contribution in [0.15, 0.2) is 90.1 Å². The molecule has 33 heavy (non-hydrogen) atoms. The van der Waals surface area contributed by atoms with Gasteiger partial charge >= 0.3 is 0 Å².